The number of hydrazine groups is 2. The zero-order chi connectivity index (χ0) is 22.2. The number of carbonyl (C=O) groups is 1. The Balaban J connectivity index is 1.23. The Kier molecular flexibility index (Phi) is 5.06. The maximum atomic E-state index is 12.9. The summed E-state index contributed by atoms with van der Waals surface area (Å²) < 4.78 is 0. The Morgan fingerprint density at radius 1 is 1.00 bits per heavy atom. The molecule has 0 spiro atoms. The lowest BCUT2D eigenvalue weighted by atomic mass is 9.96. The molecule has 0 radical (unpaired) electrons. The summed E-state index contributed by atoms with van der Waals surface area (Å²) in [6, 6.07) is 12.0. The number of H-pyrrole nitrogens is 1. The summed E-state index contributed by atoms with van der Waals surface area (Å²) in [6.45, 7) is 3.47. The fourth-order valence-electron chi connectivity index (χ4n) is 4.93. The van der Waals surface area contributed by atoms with E-state index in [1.54, 1.807) is 0 Å². The lowest BCUT2D eigenvalue weighted by Crippen LogP contribution is -2.44. The number of nitrogens with zero attached hydrogens (tertiary/aromatic N) is 5. The summed E-state index contributed by atoms with van der Waals surface area (Å²) in [7, 11) is 0. The molecule has 3 aliphatic rings. The Morgan fingerprint density at radius 3 is 2.73 bits per heavy atom. The smallest absolute Gasteiger partial charge is 0.227 e. The number of pyridine rings is 1. The van der Waals surface area contributed by atoms with Crippen LogP contribution in [0.2, 0.25) is 0 Å². The molecule has 10 heteroatoms. The number of carbonyl (C=O) groups excluding carboxylic acids is 1. The van der Waals surface area contributed by atoms with Crippen molar-refractivity contribution in [3.05, 3.63) is 42.0 Å². The molecular weight excluding hydrogens is 418 g/mol. The van der Waals surface area contributed by atoms with Gasteiger partial charge in [0.05, 0.1) is 5.92 Å². The monoisotopic (exact) mass is 445 g/mol. The number of hydrazone groups is 1. The second-order valence-electron chi connectivity index (χ2n) is 8.84. The number of amidine groups is 1. The van der Waals surface area contributed by atoms with Crippen LogP contribution in [0.15, 0.2) is 41.5 Å². The van der Waals surface area contributed by atoms with Crippen molar-refractivity contribution in [3.63, 3.8) is 0 Å². The summed E-state index contributed by atoms with van der Waals surface area (Å²) >= 11 is 0. The number of nitrogens with one attached hydrogen (secondary N) is 4. The average Bonchev–Trinajstić information content (AvgIpc) is 3.65. The molecule has 10 nitrogen and oxygen atoms in total. The molecule has 1 atom stereocenters. The molecule has 0 saturated carbocycles. The number of benzene rings is 1. The van der Waals surface area contributed by atoms with Crippen molar-refractivity contribution < 1.29 is 4.79 Å². The Labute approximate surface area is 191 Å². The number of imidazole rings is 1. The fraction of sp³-hybridized carbons (Fsp3) is 0.391. The number of hydrogen-bond acceptors (Lipinski definition) is 8. The number of hydrogen-bond donors (Lipinski definition) is 4. The van der Waals surface area contributed by atoms with Gasteiger partial charge in [-0.2, -0.15) is 0 Å². The summed E-state index contributed by atoms with van der Waals surface area (Å²) in [5.41, 5.74) is 11.9. The van der Waals surface area contributed by atoms with Gasteiger partial charge in [0.25, 0.3) is 0 Å². The van der Waals surface area contributed by atoms with E-state index >= 15 is 0 Å². The largest absolute Gasteiger partial charge is 0.356 e. The van der Waals surface area contributed by atoms with Crippen molar-refractivity contribution >= 4 is 28.7 Å². The first-order valence-corrected chi connectivity index (χ1v) is 11.6. The first kappa shape index (κ1) is 20.0. The number of likely N-dealkylation sites (tertiary alicyclic amines) is 1. The maximum Gasteiger partial charge on any atom is 0.227 e. The van der Waals surface area contributed by atoms with Crippen molar-refractivity contribution in [2.24, 2.45) is 11.0 Å². The van der Waals surface area contributed by atoms with Crippen molar-refractivity contribution in [2.75, 3.05) is 31.1 Å². The van der Waals surface area contributed by atoms with Crippen LogP contribution in [0.4, 0.5) is 5.82 Å². The minimum atomic E-state index is 0.0607. The van der Waals surface area contributed by atoms with E-state index in [0.717, 1.165) is 91.6 Å². The summed E-state index contributed by atoms with van der Waals surface area (Å²) in [6.07, 6.45) is 4.23. The van der Waals surface area contributed by atoms with Crippen molar-refractivity contribution in [3.8, 4) is 11.4 Å². The number of amides is 1. The molecule has 2 saturated heterocycles. The molecule has 3 aromatic rings. The summed E-state index contributed by atoms with van der Waals surface area (Å²) in [4.78, 5) is 30.2. The highest BCUT2D eigenvalue weighted by Gasteiger charge is 2.31. The number of piperidine rings is 1. The van der Waals surface area contributed by atoms with E-state index in [4.69, 9.17) is 9.97 Å². The van der Waals surface area contributed by atoms with Gasteiger partial charge in [-0.1, -0.05) is 18.2 Å². The van der Waals surface area contributed by atoms with E-state index < -0.39 is 0 Å². The van der Waals surface area contributed by atoms with E-state index in [0.29, 0.717) is 5.91 Å². The van der Waals surface area contributed by atoms with Gasteiger partial charge in [0.1, 0.15) is 17.2 Å². The third kappa shape index (κ3) is 3.86. The van der Waals surface area contributed by atoms with Crippen LogP contribution in [0.25, 0.3) is 22.6 Å². The van der Waals surface area contributed by atoms with Crippen molar-refractivity contribution in [2.45, 2.75) is 25.7 Å². The molecule has 5 heterocycles. The molecule has 6 rings (SSSR count). The normalized spacial score (nSPS) is 20.6. The zero-order valence-corrected chi connectivity index (χ0v) is 18.3. The molecule has 0 bridgehead atoms. The fourth-order valence-corrected chi connectivity index (χ4v) is 4.93. The third-order valence-electron chi connectivity index (χ3n) is 6.65. The van der Waals surface area contributed by atoms with Crippen molar-refractivity contribution in [1.82, 2.24) is 36.3 Å². The number of aromatic amines is 1. The number of aromatic nitrogens is 3. The molecule has 1 amide bonds. The van der Waals surface area contributed by atoms with E-state index in [9.17, 15) is 4.79 Å². The molecule has 4 N–H and O–H groups in total. The topological polar surface area (TPSA) is 114 Å². The van der Waals surface area contributed by atoms with Gasteiger partial charge in [0, 0.05) is 37.3 Å². The zero-order valence-electron chi connectivity index (χ0n) is 18.3. The van der Waals surface area contributed by atoms with E-state index in [1.165, 1.54) is 0 Å². The number of fused-ring (bicyclic) bond motifs is 1. The average molecular weight is 446 g/mol. The highest BCUT2D eigenvalue weighted by molar-refractivity contribution is 5.99. The molecule has 2 aromatic heterocycles. The second kappa shape index (κ2) is 8.36. The van der Waals surface area contributed by atoms with E-state index in [1.807, 2.05) is 41.3 Å². The van der Waals surface area contributed by atoms with Gasteiger partial charge >= 0.3 is 0 Å². The molecule has 1 aromatic carbocycles. The van der Waals surface area contributed by atoms with Crippen LogP contribution in [-0.2, 0) is 4.79 Å². The first-order chi connectivity index (χ1) is 16.2. The van der Waals surface area contributed by atoms with Crippen LogP contribution in [-0.4, -0.2) is 57.8 Å². The van der Waals surface area contributed by atoms with Gasteiger partial charge < -0.3 is 14.8 Å². The first-order valence-electron chi connectivity index (χ1n) is 11.6. The second-order valence-corrected chi connectivity index (χ2v) is 8.84. The van der Waals surface area contributed by atoms with Crippen LogP contribution in [0.5, 0.6) is 0 Å². The predicted octanol–water partition coefficient (Wildman–Crippen LogP) is 1.74. The molecule has 33 heavy (non-hydrogen) atoms. The lowest BCUT2D eigenvalue weighted by Gasteiger charge is -2.34. The Bertz CT molecular complexity index is 1210. The Morgan fingerprint density at radius 2 is 1.88 bits per heavy atom. The standard InChI is InChI=1S/C23H27N9O/c33-23(31-10-1-2-11-31)17-7-4-12-32(14-17)19-9-8-18-22(25-19)26-20(24-18)15-5-3-6-16(13-15)21-27-29-30-28-21/h3,5-6,8-9,13,17,29-30H,1-2,4,7,10-12,14H2,(H,27,28)(H,24,25,26)/t17-/m1/s1. The van der Waals surface area contributed by atoms with Crippen LogP contribution >= 0.6 is 0 Å². The quantitative estimate of drug-likeness (QED) is 0.484. The van der Waals surface area contributed by atoms with Gasteiger partial charge in [-0.05, 0) is 43.9 Å². The van der Waals surface area contributed by atoms with Crippen LogP contribution in [0.3, 0.4) is 0 Å². The number of anilines is 1. The van der Waals surface area contributed by atoms with Crippen LogP contribution in [0, 0.1) is 5.92 Å². The highest BCUT2D eigenvalue weighted by atomic mass is 16.2. The van der Waals surface area contributed by atoms with Gasteiger partial charge in [0.2, 0.25) is 5.91 Å². The van der Waals surface area contributed by atoms with Gasteiger partial charge in [-0.25, -0.2) is 15.5 Å². The lowest BCUT2D eigenvalue weighted by molar-refractivity contribution is -0.134. The van der Waals surface area contributed by atoms with Gasteiger partial charge in [0.15, 0.2) is 11.5 Å². The van der Waals surface area contributed by atoms with Crippen LogP contribution < -0.4 is 21.4 Å². The molecule has 3 aliphatic heterocycles. The summed E-state index contributed by atoms with van der Waals surface area (Å²) in [5.74, 6) is 2.75. The minimum Gasteiger partial charge on any atom is -0.356 e. The Hall–Kier alpha value is -3.66. The molecule has 2 fully saturated rings. The minimum absolute atomic E-state index is 0.0607. The number of rotatable bonds is 4. The highest BCUT2D eigenvalue weighted by Crippen LogP contribution is 2.27. The van der Waals surface area contributed by atoms with Crippen LogP contribution in [0.1, 0.15) is 31.2 Å². The molecule has 0 aliphatic carbocycles. The van der Waals surface area contributed by atoms with Gasteiger partial charge in [-0.3, -0.25) is 10.2 Å². The predicted molar refractivity (Wildman–Crippen MR) is 126 cm³/mol. The van der Waals surface area contributed by atoms with Gasteiger partial charge in [-0.15, -0.1) is 10.6 Å². The SMILES string of the molecule is O=C([C@@H]1CCCN(c2ccc3nc(-c4cccc(C5=NNNN5)c4)[nH]c3n2)C1)N1CCCC1. The third-order valence-corrected chi connectivity index (χ3v) is 6.65. The van der Waals surface area contributed by atoms with Crippen molar-refractivity contribution in [1.29, 1.82) is 0 Å². The van der Waals surface area contributed by atoms with E-state index in [-0.39, 0.29) is 5.92 Å². The van der Waals surface area contributed by atoms with E-state index in [2.05, 4.69) is 31.5 Å². The molecule has 170 valence electrons. The molecular formula is C23H27N9O. The maximum absolute atomic E-state index is 12.9. The molecule has 0 unspecified atom stereocenters. The summed E-state index contributed by atoms with van der Waals surface area (Å²) in [5, 5.41) is 4.16.